The molecule has 0 heterocycles. The lowest BCUT2D eigenvalue weighted by Crippen LogP contribution is -1.87. The summed E-state index contributed by atoms with van der Waals surface area (Å²) in [5, 5.41) is 0. The first-order valence-electron chi connectivity index (χ1n) is 1.75. The Kier molecular flexibility index (Phi) is 2.99. The Morgan fingerprint density at radius 2 is 2.33 bits per heavy atom. The topological polar surface area (TPSA) is 0 Å². The highest BCUT2D eigenvalue weighted by Gasteiger charge is 1.94. The third-order valence-corrected chi connectivity index (χ3v) is 0.358. The van der Waals surface area contributed by atoms with Crippen molar-refractivity contribution in [3.8, 4) is 0 Å². The number of halogens is 2. The Morgan fingerprint density at radius 3 is 2.33 bits per heavy atom. The van der Waals surface area contributed by atoms with Crippen LogP contribution in [0.5, 0.6) is 0 Å². The van der Waals surface area contributed by atoms with Gasteiger partial charge in [-0.3, -0.25) is 0 Å². The van der Waals surface area contributed by atoms with Gasteiger partial charge in [0.05, 0.1) is 0 Å². The lowest BCUT2D eigenvalue weighted by Gasteiger charge is -1.88. The van der Waals surface area contributed by atoms with Crippen molar-refractivity contribution in [3.63, 3.8) is 0 Å². The zero-order valence-electron chi connectivity index (χ0n) is 3.54. The van der Waals surface area contributed by atoms with Gasteiger partial charge in [0, 0.05) is 6.42 Å². The first-order valence-corrected chi connectivity index (χ1v) is 1.75. The van der Waals surface area contributed by atoms with E-state index in [-0.39, 0.29) is 6.42 Å². The van der Waals surface area contributed by atoms with Gasteiger partial charge < -0.3 is 0 Å². The normalized spacial score (nSPS) is 14.5. The summed E-state index contributed by atoms with van der Waals surface area (Å²) in [5.74, 6) is 0. The number of rotatable bonds is 2. The van der Waals surface area contributed by atoms with Gasteiger partial charge in [-0.05, 0) is 6.92 Å². The Balaban J connectivity index is 2.63. The van der Waals surface area contributed by atoms with E-state index in [2.05, 4.69) is 0 Å². The second-order valence-corrected chi connectivity index (χ2v) is 1.12. The summed E-state index contributed by atoms with van der Waals surface area (Å²) in [6.45, 7) is 2.48. The van der Waals surface area contributed by atoms with Crippen LogP contribution in [0.1, 0.15) is 13.3 Å². The van der Waals surface area contributed by atoms with Crippen LogP contribution in [0.25, 0.3) is 0 Å². The molecule has 0 N–H and O–H groups in total. The molecule has 0 aromatic rings. The average molecular weight is 92.1 g/mol. The van der Waals surface area contributed by atoms with Crippen molar-refractivity contribution in [1.29, 1.82) is 0 Å². The molecule has 0 saturated heterocycles. The van der Waals surface area contributed by atoms with Crippen LogP contribution < -0.4 is 0 Å². The van der Waals surface area contributed by atoms with Gasteiger partial charge in [0.2, 0.25) is 0 Å². The van der Waals surface area contributed by atoms with Gasteiger partial charge >= 0.3 is 0 Å². The minimum atomic E-state index is -1.09. The summed E-state index contributed by atoms with van der Waals surface area (Å²) < 4.78 is 22.2. The molecular formula is C4H6F2. The van der Waals surface area contributed by atoms with Crippen LogP contribution in [0, 0.1) is 6.67 Å². The number of hydrogen-bond donors (Lipinski definition) is 0. The van der Waals surface area contributed by atoms with Crippen molar-refractivity contribution in [1.82, 2.24) is 0 Å². The molecule has 0 aliphatic carbocycles. The van der Waals surface area contributed by atoms with Gasteiger partial charge in [0.1, 0.15) is 6.17 Å². The third kappa shape index (κ3) is 3.86. The molecule has 6 heavy (non-hydrogen) atoms. The monoisotopic (exact) mass is 92.0 g/mol. The summed E-state index contributed by atoms with van der Waals surface area (Å²) in [5.41, 5.74) is 0. The highest BCUT2D eigenvalue weighted by molar-refractivity contribution is 4.52. The van der Waals surface area contributed by atoms with Crippen molar-refractivity contribution in [2.24, 2.45) is 0 Å². The van der Waals surface area contributed by atoms with E-state index < -0.39 is 6.17 Å². The molecule has 2 radical (unpaired) electrons. The van der Waals surface area contributed by atoms with Crippen molar-refractivity contribution in [2.75, 3.05) is 0 Å². The molecule has 0 nitrogen and oxygen atoms in total. The molecular weight excluding hydrogens is 86.0 g/mol. The predicted octanol–water partition coefficient (Wildman–Crippen LogP) is 1.74. The van der Waals surface area contributed by atoms with Crippen LogP contribution >= 0.6 is 0 Å². The van der Waals surface area contributed by atoms with Crippen molar-refractivity contribution in [3.05, 3.63) is 6.67 Å². The van der Waals surface area contributed by atoms with E-state index in [1.54, 1.807) is 0 Å². The van der Waals surface area contributed by atoms with Crippen molar-refractivity contribution in [2.45, 2.75) is 19.5 Å². The van der Waals surface area contributed by atoms with Crippen LogP contribution in [-0.2, 0) is 0 Å². The Hall–Kier alpha value is -0.140. The minimum absolute atomic E-state index is 0.208. The van der Waals surface area contributed by atoms with Gasteiger partial charge in [0.25, 0.3) is 0 Å². The first-order chi connectivity index (χ1) is 2.77. The Morgan fingerprint density at radius 1 is 1.83 bits per heavy atom. The quantitative estimate of drug-likeness (QED) is 0.486. The van der Waals surface area contributed by atoms with Crippen molar-refractivity contribution >= 4 is 0 Å². The van der Waals surface area contributed by atoms with Gasteiger partial charge in [-0.2, -0.15) is 0 Å². The summed E-state index contributed by atoms with van der Waals surface area (Å²) in [6.07, 6.45) is -1.30. The standard InChI is InChI=1S/C4H6F2/c1-4(6)2-3-5/h4H,2H2,1H3. The van der Waals surface area contributed by atoms with Crippen LogP contribution in [0.4, 0.5) is 8.78 Å². The highest BCUT2D eigenvalue weighted by Crippen LogP contribution is 1.97. The number of hydrogen-bond acceptors (Lipinski definition) is 0. The van der Waals surface area contributed by atoms with E-state index in [9.17, 15) is 8.78 Å². The van der Waals surface area contributed by atoms with Crippen LogP contribution in [0.15, 0.2) is 0 Å². The minimum Gasteiger partial charge on any atom is -0.248 e. The molecule has 1 unspecified atom stereocenters. The van der Waals surface area contributed by atoms with E-state index in [4.69, 9.17) is 0 Å². The van der Waals surface area contributed by atoms with Crippen LogP contribution in [-0.4, -0.2) is 6.17 Å². The maximum Gasteiger partial charge on any atom is 0.188 e. The summed E-state index contributed by atoms with van der Waals surface area (Å²) in [4.78, 5) is 0. The summed E-state index contributed by atoms with van der Waals surface area (Å²) >= 11 is 0. The smallest absolute Gasteiger partial charge is 0.188 e. The maximum atomic E-state index is 11.4. The lowest BCUT2D eigenvalue weighted by atomic mass is 10.3. The average Bonchev–Trinajstić information content (AvgIpc) is 1.35. The first kappa shape index (κ1) is 5.86. The summed E-state index contributed by atoms with van der Waals surface area (Å²) in [7, 11) is 0. The molecule has 0 fully saturated rings. The van der Waals surface area contributed by atoms with Gasteiger partial charge in [-0.15, -0.1) is 0 Å². The van der Waals surface area contributed by atoms with E-state index in [1.165, 1.54) is 13.6 Å². The number of alkyl halides is 1. The molecule has 0 aliphatic rings. The van der Waals surface area contributed by atoms with Crippen molar-refractivity contribution < 1.29 is 8.78 Å². The van der Waals surface area contributed by atoms with E-state index in [1.807, 2.05) is 0 Å². The zero-order valence-corrected chi connectivity index (χ0v) is 3.54. The van der Waals surface area contributed by atoms with Crippen LogP contribution in [0.2, 0.25) is 0 Å². The Bertz CT molecular complexity index is 26.7. The molecule has 2 heteroatoms. The van der Waals surface area contributed by atoms with Gasteiger partial charge in [-0.1, -0.05) is 0 Å². The molecule has 0 aliphatic heterocycles. The van der Waals surface area contributed by atoms with E-state index in [0.717, 1.165) is 0 Å². The largest absolute Gasteiger partial charge is 0.248 e. The van der Waals surface area contributed by atoms with E-state index >= 15 is 0 Å². The Labute approximate surface area is 36.2 Å². The second-order valence-electron chi connectivity index (χ2n) is 1.12. The SMILES string of the molecule is CC(F)C[C]F. The maximum absolute atomic E-state index is 11.4. The highest BCUT2D eigenvalue weighted by atomic mass is 19.1. The molecule has 0 amide bonds. The molecule has 0 saturated carbocycles. The zero-order chi connectivity index (χ0) is 4.99. The van der Waals surface area contributed by atoms with Gasteiger partial charge in [0.15, 0.2) is 6.67 Å². The third-order valence-electron chi connectivity index (χ3n) is 0.358. The molecule has 0 aromatic heterocycles. The summed E-state index contributed by atoms with van der Waals surface area (Å²) in [6, 6.07) is 0. The molecule has 1 atom stereocenters. The molecule has 0 bridgehead atoms. The fraction of sp³-hybridized carbons (Fsp3) is 0.750. The second kappa shape index (κ2) is 3.07. The van der Waals surface area contributed by atoms with Gasteiger partial charge in [-0.25, -0.2) is 8.78 Å². The molecule has 36 valence electrons. The molecule has 0 spiro atoms. The van der Waals surface area contributed by atoms with Crippen LogP contribution in [0.3, 0.4) is 0 Å². The van der Waals surface area contributed by atoms with E-state index in [0.29, 0.717) is 0 Å². The lowest BCUT2D eigenvalue weighted by molar-refractivity contribution is 0.335. The fourth-order valence-electron chi connectivity index (χ4n) is 0.106. The molecule has 0 aromatic carbocycles. The predicted molar refractivity (Wildman–Crippen MR) is 19.5 cm³/mol. The fourth-order valence-corrected chi connectivity index (χ4v) is 0.106. The molecule has 0 rings (SSSR count).